The van der Waals surface area contributed by atoms with Gasteiger partial charge in [-0.05, 0) is 0 Å². The molecule has 1 aromatic rings. The summed E-state index contributed by atoms with van der Waals surface area (Å²) in [5, 5.41) is 3.41. The molecule has 0 saturated heterocycles. The Hall–Kier alpha value is -1.12. The van der Waals surface area contributed by atoms with Crippen molar-refractivity contribution in [2.24, 2.45) is 0 Å². The fourth-order valence-electron chi connectivity index (χ4n) is 0.409. The molecule has 3 nitrogen and oxygen atoms in total. The van der Waals surface area contributed by atoms with Gasteiger partial charge in [0.2, 0.25) is 5.89 Å². The summed E-state index contributed by atoms with van der Waals surface area (Å²) in [4.78, 5) is 3.76. The molecule has 42 valence electrons. The predicted molar refractivity (Wildman–Crippen MR) is 28.2 cm³/mol. The van der Waals surface area contributed by atoms with Crippen LogP contribution in [0.2, 0.25) is 0 Å². The summed E-state index contributed by atoms with van der Waals surface area (Å²) in [6, 6.07) is 0. The minimum Gasteiger partial charge on any atom is -0.339 e. The van der Waals surface area contributed by atoms with Gasteiger partial charge in [0.15, 0.2) is 6.33 Å². The van der Waals surface area contributed by atoms with Gasteiger partial charge in [-0.2, -0.15) is 4.98 Å². The lowest BCUT2D eigenvalue weighted by molar-refractivity contribution is 0.385. The minimum atomic E-state index is 0.611. The highest BCUT2D eigenvalue weighted by Crippen LogP contribution is 1.90. The van der Waals surface area contributed by atoms with E-state index < -0.39 is 0 Å². The van der Waals surface area contributed by atoms with Gasteiger partial charge in [0.1, 0.15) is 0 Å². The molecular weight excluding hydrogens is 104 g/mol. The zero-order valence-electron chi connectivity index (χ0n) is 4.37. The zero-order valence-corrected chi connectivity index (χ0v) is 4.37. The first-order valence-corrected chi connectivity index (χ1v) is 2.30. The molecule has 0 fully saturated rings. The van der Waals surface area contributed by atoms with E-state index in [9.17, 15) is 0 Å². The first kappa shape index (κ1) is 5.03. The average molecular weight is 110 g/mol. The van der Waals surface area contributed by atoms with E-state index in [4.69, 9.17) is 0 Å². The second kappa shape index (κ2) is 2.26. The molecule has 0 radical (unpaired) electrons. The Morgan fingerprint density at radius 1 is 1.88 bits per heavy atom. The van der Waals surface area contributed by atoms with Crippen LogP contribution in [-0.4, -0.2) is 10.1 Å². The van der Waals surface area contributed by atoms with Gasteiger partial charge in [0.25, 0.3) is 0 Å². The van der Waals surface area contributed by atoms with Crippen molar-refractivity contribution < 1.29 is 4.52 Å². The van der Waals surface area contributed by atoms with E-state index in [-0.39, 0.29) is 0 Å². The Morgan fingerprint density at radius 2 is 2.75 bits per heavy atom. The van der Waals surface area contributed by atoms with Crippen molar-refractivity contribution in [1.29, 1.82) is 0 Å². The van der Waals surface area contributed by atoms with Crippen molar-refractivity contribution >= 4 is 0 Å². The summed E-state index contributed by atoms with van der Waals surface area (Å²) in [6.07, 6.45) is 3.74. The highest BCUT2D eigenvalue weighted by atomic mass is 16.5. The molecule has 0 saturated carbocycles. The van der Waals surface area contributed by atoms with Crippen molar-refractivity contribution in [3.05, 3.63) is 24.9 Å². The molecule has 0 aliphatic carbocycles. The van der Waals surface area contributed by atoms with Crippen LogP contribution < -0.4 is 0 Å². The van der Waals surface area contributed by atoms with Gasteiger partial charge in [-0.3, -0.25) is 0 Å². The van der Waals surface area contributed by atoms with Gasteiger partial charge < -0.3 is 4.52 Å². The molecule has 1 rings (SSSR count). The number of nitrogens with zero attached hydrogens (tertiary/aromatic N) is 2. The molecule has 0 amide bonds. The van der Waals surface area contributed by atoms with E-state index in [1.807, 2.05) is 0 Å². The maximum atomic E-state index is 4.64. The third-order valence-corrected chi connectivity index (χ3v) is 0.726. The third kappa shape index (κ3) is 0.932. The van der Waals surface area contributed by atoms with Crippen LogP contribution >= 0.6 is 0 Å². The highest BCUT2D eigenvalue weighted by Gasteiger charge is 1.90. The van der Waals surface area contributed by atoms with Crippen LogP contribution in [0.3, 0.4) is 0 Å². The molecule has 0 N–H and O–H groups in total. The molecule has 3 heteroatoms. The molecular formula is C5H6N2O. The first-order chi connectivity index (χ1) is 3.93. The van der Waals surface area contributed by atoms with Crippen LogP contribution in [0.5, 0.6) is 0 Å². The predicted octanol–water partition coefficient (Wildman–Crippen LogP) is 0.798. The Bertz CT molecular complexity index is 157. The Labute approximate surface area is 47.0 Å². The molecule has 0 bridgehead atoms. The second-order valence-corrected chi connectivity index (χ2v) is 1.33. The van der Waals surface area contributed by atoms with Gasteiger partial charge in [0, 0.05) is 6.42 Å². The van der Waals surface area contributed by atoms with Gasteiger partial charge in [0.05, 0.1) is 0 Å². The van der Waals surface area contributed by atoms with Gasteiger partial charge in [-0.15, -0.1) is 6.58 Å². The van der Waals surface area contributed by atoms with Crippen molar-refractivity contribution in [3.63, 3.8) is 0 Å². The van der Waals surface area contributed by atoms with Crippen LogP contribution in [0.4, 0.5) is 0 Å². The van der Waals surface area contributed by atoms with Crippen molar-refractivity contribution in [3.8, 4) is 0 Å². The Morgan fingerprint density at radius 3 is 3.25 bits per heavy atom. The Balaban J connectivity index is 2.62. The average Bonchev–Trinajstić information content (AvgIpc) is 2.19. The first-order valence-electron chi connectivity index (χ1n) is 2.30. The topological polar surface area (TPSA) is 38.9 Å². The highest BCUT2D eigenvalue weighted by molar-refractivity contribution is 4.84. The normalized spacial score (nSPS) is 9.00. The smallest absolute Gasteiger partial charge is 0.230 e. The zero-order chi connectivity index (χ0) is 5.82. The van der Waals surface area contributed by atoms with E-state index >= 15 is 0 Å². The lowest BCUT2D eigenvalue weighted by Gasteiger charge is -1.77. The SMILES string of the molecule is C=CCc1ncno1. The van der Waals surface area contributed by atoms with Crippen molar-refractivity contribution in [2.75, 3.05) is 0 Å². The van der Waals surface area contributed by atoms with Crippen molar-refractivity contribution in [2.45, 2.75) is 6.42 Å². The molecule has 0 unspecified atom stereocenters. The second-order valence-electron chi connectivity index (χ2n) is 1.33. The van der Waals surface area contributed by atoms with Crippen molar-refractivity contribution in [1.82, 2.24) is 10.1 Å². The number of rotatable bonds is 2. The molecule has 8 heavy (non-hydrogen) atoms. The van der Waals surface area contributed by atoms with E-state index in [1.165, 1.54) is 6.33 Å². The maximum absolute atomic E-state index is 4.64. The molecule has 0 aliphatic heterocycles. The lowest BCUT2D eigenvalue weighted by Crippen LogP contribution is -1.75. The number of hydrogen-bond acceptors (Lipinski definition) is 3. The van der Waals surface area contributed by atoms with Crippen LogP contribution in [0.1, 0.15) is 5.89 Å². The molecule has 1 heterocycles. The van der Waals surface area contributed by atoms with E-state index in [2.05, 4.69) is 21.2 Å². The fourth-order valence-corrected chi connectivity index (χ4v) is 0.409. The monoisotopic (exact) mass is 110 g/mol. The largest absolute Gasteiger partial charge is 0.339 e. The van der Waals surface area contributed by atoms with Crippen LogP contribution in [0.15, 0.2) is 23.5 Å². The number of aromatic nitrogens is 2. The number of hydrogen-bond donors (Lipinski definition) is 0. The van der Waals surface area contributed by atoms with Gasteiger partial charge in [-0.1, -0.05) is 11.2 Å². The fraction of sp³-hybridized carbons (Fsp3) is 0.200. The van der Waals surface area contributed by atoms with Crippen LogP contribution in [0.25, 0.3) is 0 Å². The summed E-state index contributed by atoms with van der Waals surface area (Å²) in [6.45, 7) is 3.51. The van der Waals surface area contributed by atoms with Crippen LogP contribution in [0, 0.1) is 0 Å². The summed E-state index contributed by atoms with van der Waals surface area (Å²) >= 11 is 0. The minimum absolute atomic E-state index is 0.611. The standard InChI is InChI=1S/C5H6N2O/c1-2-3-5-6-4-7-8-5/h2,4H,1,3H2. The van der Waals surface area contributed by atoms with Gasteiger partial charge in [-0.25, -0.2) is 0 Å². The molecule has 0 atom stereocenters. The maximum Gasteiger partial charge on any atom is 0.230 e. The summed E-state index contributed by atoms with van der Waals surface area (Å²) < 4.78 is 4.64. The Kier molecular flexibility index (Phi) is 1.42. The molecule has 1 aromatic heterocycles. The molecule has 0 spiro atoms. The molecule has 0 aromatic carbocycles. The van der Waals surface area contributed by atoms with Gasteiger partial charge >= 0.3 is 0 Å². The summed E-state index contributed by atoms with van der Waals surface area (Å²) in [7, 11) is 0. The van der Waals surface area contributed by atoms with Crippen LogP contribution in [-0.2, 0) is 6.42 Å². The quantitative estimate of drug-likeness (QED) is 0.528. The van der Waals surface area contributed by atoms with E-state index in [1.54, 1.807) is 6.08 Å². The number of allylic oxidation sites excluding steroid dienone is 1. The third-order valence-electron chi connectivity index (χ3n) is 0.726. The summed E-state index contributed by atoms with van der Waals surface area (Å²) in [5.74, 6) is 0.611. The van der Waals surface area contributed by atoms with E-state index in [0.717, 1.165) is 0 Å². The summed E-state index contributed by atoms with van der Waals surface area (Å²) in [5.41, 5.74) is 0. The van der Waals surface area contributed by atoms with E-state index in [0.29, 0.717) is 12.3 Å². The lowest BCUT2D eigenvalue weighted by atomic mass is 10.4. The molecule has 0 aliphatic rings.